The monoisotopic (exact) mass is 294 g/mol. The number of para-hydroxylation sites is 1. The molecule has 2 aromatic carbocycles. The summed E-state index contributed by atoms with van der Waals surface area (Å²) in [5.41, 5.74) is 6.46. The van der Waals surface area contributed by atoms with Gasteiger partial charge in [0.25, 0.3) is 0 Å². The summed E-state index contributed by atoms with van der Waals surface area (Å²) in [7, 11) is 0. The van der Waals surface area contributed by atoms with Gasteiger partial charge in [0.1, 0.15) is 17.6 Å². The molecule has 0 radical (unpaired) electrons. The molecular formula is C20H22O2. The molecule has 4 rings (SSSR count). The molecule has 1 unspecified atom stereocenters. The molecule has 0 amide bonds. The van der Waals surface area contributed by atoms with Crippen LogP contribution in [0.3, 0.4) is 0 Å². The molecule has 0 saturated carbocycles. The highest BCUT2D eigenvalue weighted by atomic mass is 16.5. The molecule has 2 aliphatic heterocycles. The van der Waals surface area contributed by atoms with Crippen LogP contribution in [0.1, 0.15) is 46.8 Å². The SMILES string of the molecule is Cc1cccc2c1OC(c1ccc3c(c1C)OCCC3)CC2. The lowest BCUT2D eigenvalue weighted by molar-refractivity contribution is 0.173. The van der Waals surface area contributed by atoms with Crippen LogP contribution >= 0.6 is 0 Å². The molecule has 22 heavy (non-hydrogen) atoms. The summed E-state index contributed by atoms with van der Waals surface area (Å²) in [5.74, 6) is 2.18. The van der Waals surface area contributed by atoms with Crippen LogP contribution in [0.15, 0.2) is 30.3 Å². The maximum absolute atomic E-state index is 6.37. The summed E-state index contributed by atoms with van der Waals surface area (Å²) in [6.07, 6.45) is 4.52. The molecule has 0 N–H and O–H groups in total. The fraction of sp³-hybridized carbons (Fsp3) is 0.400. The Morgan fingerprint density at radius 2 is 1.82 bits per heavy atom. The van der Waals surface area contributed by atoms with Crippen LogP contribution in [-0.2, 0) is 12.8 Å². The van der Waals surface area contributed by atoms with Crippen molar-refractivity contribution >= 4 is 0 Å². The Kier molecular flexibility index (Phi) is 3.33. The van der Waals surface area contributed by atoms with E-state index in [2.05, 4.69) is 44.2 Å². The van der Waals surface area contributed by atoms with E-state index in [1.54, 1.807) is 0 Å². The van der Waals surface area contributed by atoms with E-state index < -0.39 is 0 Å². The van der Waals surface area contributed by atoms with Crippen LogP contribution in [0, 0.1) is 13.8 Å². The molecule has 114 valence electrons. The molecule has 0 aromatic heterocycles. The van der Waals surface area contributed by atoms with Gasteiger partial charge in [0.2, 0.25) is 0 Å². The van der Waals surface area contributed by atoms with E-state index in [0.717, 1.165) is 43.8 Å². The third-order valence-corrected chi connectivity index (χ3v) is 4.94. The third-order valence-electron chi connectivity index (χ3n) is 4.94. The minimum atomic E-state index is 0.143. The predicted molar refractivity (Wildman–Crippen MR) is 87.9 cm³/mol. The van der Waals surface area contributed by atoms with Crippen molar-refractivity contribution in [1.82, 2.24) is 0 Å². The minimum Gasteiger partial charge on any atom is -0.493 e. The first-order chi connectivity index (χ1) is 10.7. The Balaban J connectivity index is 1.70. The van der Waals surface area contributed by atoms with Crippen molar-refractivity contribution in [3.8, 4) is 11.5 Å². The van der Waals surface area contributed by atoms with E-state index in [4.69, 9.17) is 9.47 Å². The first-order valence-corrected chi connectivity index (χ1v) is 8.24. The van der Waals surface area contributed by atoms with Crippen molar-refractivity contribution in [3.05, 3.63) is 58.1 Å². The van der Waals surface area contributed by atoms with Gasteiger partial charge in [0.05, 0.1) is 6.61 Å². The van der Waals surface area contributed by atoms with E-state index in [-0.39, 0.29) is 6.10 Å². The second kappa shape index (κ2) is 5.35. The summed E-state index contributed by atoms with van der Waals surface area (Å²) in [6, 6.07) is 10.9. The zero-order valence-electron chi connectivity index (χ0n) is 13.3. The van der Waals surface area contributed by atoms with Gasteiger partial charge in [-0.15, -0.1) is 0 Å². The molecule has 1 atom stereocenters. The molecule has 0 spiro atoms. The number of benzene rings is 2. The number of hydrogen-bond donors (Lipinski definition) is 0. The summed E-state index contributed by atoms with van der Waals surface area (Å²) < 4.78 is 12.3. The Labute approximate surface area is 132 Å². The number of aryl methyl sites for hydroxylation is 3. The van der Waals surface area contributed by atoms with Gasteiger partial charge < -0.3 is 9.47 Å². The van der Waals surface area contributed by atoms with Gasteiger partial charge in [-0.2, -0.15) is 0 Å². The second-order valence-electron chi connectivity index (χ2n) is 6.43. The first kappa shape index (κ1) is 13.7. The lowest BCUT2D eigenvalue weighted by Gasteiger charge is -2.30. The lowest BCUT2D eigenvalue weighted by atomic mass is 9.91. The highest BCUT2D eigenvalue weighted by Crippen LogP contribution is 2.41. The van der Waals surface area contributed by atoms with E-state index in [1.165, 1.54) is 27.8 Å². The molecule has 2 aromatic rings. The first-order valence-electron chi connectivity index (χ1n) is 8.24. The minimum absolute atomic E-state index is 0.143. The zero-order valence-corrected chi connectivity index (χ0v) is 13.3. The standard InChI is InChI=1S/C20H22O2/c1-13-5-3-6-15-9-11-18(22-19(13)15)17-10-8-16-7-4-12-21-20(16)14(17)2/h3,5-6,8,10,18H,4,7,9,11-12H2,1-2H3. The van der Waals surface area contributed by atoms with Crippen LogP contribution in [-0.4, -0.2) is 6.61 Å². The molecule has 0 bridgehead atoms. The Bertz CT molecular complexity index is 718. The molecule has 2 nitrogen and oxygen atoms in total. The molecule has 2 heteroatoms. The van der Waals surface area contributed by atoms with E-state index in [0.29, 0.717) is 0 Å². The smallest absolute Gasteiger partial charge is 0.126 e. The normalized spacial score (nSPS) is 19.6. The predicted octanol–water partition coefficient (Wildman–Crippen LogP) is 4.69. The van der Waals surface area contributed by atoms with Gasteiger partial charge in [-0.3, -0.25) is 0 Å². The maximum atomic E-state index is 6.37. The number of ether oxygens (including phenoxy) is 2. The largest absolute Gasteiger partial charge is 0.493 e. The van der Waals surface area contributed by atoms with Crippen molar-refractivity contribution in [2.24, 2.45) is 0 Å². The Morgan fingerprint density at radius 1 is 0.955 bits per heavy atom. The van der Waals surface area contributed by atoms with Gasteiger partial charge in [0, 0.05) is 0 Å². The van der Waals surface area contributed by atoms with Crippen LogP contribution in [0.5, 0.6) is 11.5 Å². The fourth-order valence-electron chi connectivity index (χ4n) is 3.73. The highest BCUT2D eigenvalue weighted by molar-refractivity contribution is 5.49. The second-order valence-corrected chi connectivity index (χ2v) is 6.43. The number of rotatable bonds is 1. The topological polar surface area (TPSA) is 18.5 Å². The van der Waals surface area contributed by atoms with Gasteiger partial charge in [-0.25, -0.2) is 0 Å². The van der Waals surface area contributed by atoms with Crippen molar-refractivity contribution in [2.45, 2.75) is 45.6 Å². The molecule has 2 heterocycles. The lowest BCUT2D eigenvalue weighted by Crippen LogP contribution is -2.18. The molecule has 0 fully saturated rings. The van der Waals surface area contributed by atoms with Gasteiger partial charge in [-0.05, 0) is 67.3 Å². The fourth-order valence-corrected chi connectivity index (χ4v) is 3.73. The van der Waals surface area contributed by atoms with Gasteiger partial charge in [0.15, 0.2) is 0 Å². The summed E-state index contributed by atoms with van der Waals surface area (Å²) >= 11 is 0. The van der Waals surface area contributed by atoms with Crippen LogP contribution in [0.4, 0.5) is 0 Å². The summed E-state index contributed by atoms with van der Waals surface area (Å²) in [5, 5.41) is 0. The molecule has 2 aliphatic rings. The molecular weight excluding hydrogens is 272 g/mol. The highest BCUT2D eigenvalue weighted by Gasteiger charge is 2.26. The van der Waals surface area contributed by atoms with Crippen LogP contribution in [0.25, 0.3) is 0 Å². The number of hydrogen-bond acceptors (Lipinski definition) is 2. The molecule has 0 aliphatic carbocycles. The average Bonchev–Trinajstić information content (AvgIpc) is 2.56. The van der Waals surface area contributed by atoms with E-state index in [9.17, 15) is 0 Å². The molecule has 0 saturated heterocycles. The Morgan fingerprint density at radius 3 is 2.73 bits per heavy atom. The third kappa shape index (κ3) is 2.18. The van der Waals surface area contributed by atoms with Gasteiger partial charge in [-0.1, -0.05) is 30.3 Å². The van der Waals surface area contributed by atoms with E-state index in [1.807, 2.05) is 0 Å². The number of fused-ring (bicyclic) bond motifs is 2. The van der Waals surface area contributed by atoms with Crippen LogP contribution < -0.4 is 9.47 Å². The summed E-state index contributed by atoms with van der Waals surface area (Å²) in [6.45, 7) is 5.14. The van der Waals surface area contributed by atoms with Crippen LogP contribution in [0.2, 0.25) is 0 Å². The van der Waals surface area contributed by atoms with Crippen molar-refractivity contribution in [2.75, 3.05) is 6.61 Å². The van der Waals surface area contributed by atoms with E-state index >= 15 is 0 Å². The Hall–Kier alpha value is -1.96. The van der Waals surface area contributed by atoms with Gasteiger partial charge >= 0.3 is 0 Å². The summed E-state index contributed by atoms with van der Waals surface area (Å²) in [4.78, 5) is 0. The van der Waals surface area contributed by atoms with Crippen molar-refractivity contribution < 1.29 is 9.47 Å². The average molecular weight is 294 g/mol. The maximum Gasteiger partial charge on any atom is 0.126 e. The quantitative estimate of drug-likeness (QED) is 0.759. The van der Waals surface area contributed by atoms with Crippen molar-refractivity contribution in [1.29, 1.82) is 0 Å². The van der Waals surface area contributed by atoms with Crippen molar-refractivity contribution in [3.63, 3.8) is 0 Å². The zero-order chi connectivity index (χ0) is 15.1.